The number of rotatable bonds is 4. The second-order valence-electron chi connectivity index (χ2n) is 4.93. The zero-order valence-electron chi connectivity index (χ0n) is 11.8. The predicted molar refractivity (Wildman–Crippen MR) is 79.1 cm³/mol. The van der Waals surface area contributed by atoms with Crippen LogP contribution < -0.4 is 5.73 Å². The van der Waals surface area contributed by atoms with Gasteiger partial charge >= 0.3 is 0 Å². The molecule has 2 amide bonds. The van der Waals surface area contributed by atoms with Crippen molar-refractivity contribution in [1.82, 2.24) is 4.90 Å². The average Bonchev–Trinajstić information content (AvgIpc) is 2.46. The second-order valence-corrected chi connectivity index (χ2v) is 6.37. The fourth-order valence-electron chi connectivity index (χ4n) is 2.22. The van der Waals surface area contributed by atoms with Gasteiger partial charge in [-0.05, 0) is 17.7 Å². The van der Waals surface area contributed by atoms with E-state index in [9.17, 15) is 13.8 Å². The smallest absolute Gasteiger partial charge is 0.254 e. The van der Waals surface area contributed by atoms with Gasteiger partial charge in [-0.15, -0.1) is 0 Å². The van der Waals surface area contributed by atoms with Crippen LogP contribution in [0.15, 0.2) is 24.3 Å². The molecule has 0 saturated carbocycles. The molecule has 0 aliphatic carbocycles. The molecule has 1 aliphatic heterocycles. The van der Waals surface area contributed by atoms with Gasteiger partial charge < -0.3 is 15.4 Å². The lowest BCUT2D eigenvalue weighted by Gasteiger charge is -2.31. The minimum absolute atomic E-state index is 0.165. The molecule has 1 aliphatic rings. The molecule has 0 unspecified atom stereocenters. The molecule has 1 fully saturated rings. The van der Waals surface area contributed by atoms with Crippen LogP contribution in [-0.4, -0.2) is 53.0 Å². The molecular formula is C14H18N2O4S. The van der Waals surface area contributed by atoms with Crippen LogP contribution in [-0.2, 0) is 26.1 Å². The first-order valence-corrected chi connectivity index (χ1v) is 8.29. The van der Waals surface area contributed by atoms with Crippen molar-refractivity contribution < 1.29 is 18.5 Å². The summed E-state index contributed by atoms with van der Waals surface area (Å²) in [5.74, 6) is -0.329. The minimum atomic E-state index is -0.961. The fraction of sp³-hybridized carbons (Fsp3) is 0.429. The van der Waals surface area contributed by atoms with E-state index in [4.69, 9.17) is 10.5 Å². The Morgan fingerprint density at radius 1 is 1.48 bits per heavy atom. The first-order valence-electron chi connectivity index (χ1n) is 6.56. The van der Waals surface area contributed by atoms with Crippen LogP contribution in [0.4, 0.5) is 0 Å². The van der Waals surface area contributed by atoms with Crippen LogP contribution in [0.2, 0.25) is 0 Å². The summed E-state index contributed by atoms with van der Waals surface area (Å²) < 4.78 is 16.5. The number of nitrogens with zero attached hydrogens (tertiary/aromatic N) is 1. The van der Waals surface area contributed by atoms with Gasteiger partial charge in [0.05, 0.1) is 13.2 Å². The van der Waals surface area contributed by atoms with E-state index in [1.807, 2.05) is 6.07 Å². The molecule has 1 saturated heterocycles. The van der Waals surface area contributed by atoms with E-state index in [0.717, 1.165) is 5.56 Å². The number of hydrogen-bond acceptors (Lipinski definition) is 4. The lowest BCUT2D eigenvalue weighted by atomic mass is 10.1. The Labute approximate surface area is 125 Å². The van der Waals surface area contributed by atoms with Crippen molar-refractivity contribution in [2.24, 2.45) is 5.73 Å². The maximum atomic E-state index is 12.4. The Hall–Kier alpha value is -1.73. The summed E-state index contributed by atoms with van der Waals surface area (Å²) in [6.45, 7) is 0.878. The van der Waals surface area contributed by atoms with E-state index in [0.29, 0.717) is 17.9 Å². The van der Waals surface area contributed by atoms with Crippen LogP contribution in [0.1, 0.15) is 15.9 Å². The Balaban J connectivity index is 2.12. The second kappa shape index (κ2) is 6.82. The molecule has 0 bridgehead atoms. The molecule has 0 aromatic heterocycles. The van der Waals surface area contributed by atoms with E-state index < -0.39 is 22.8 Å². The molecule has 1 aromatic carbocycles. The quantitative estimate of drug-likeness (QED) is 0.840. The zero-order valence-corrected chi connectivity index (χ0v) is 12.6. The Morgan fingerprint density at radius 2 is 2.24 bits per heavy atom. The third-order valence-electron chi connectivity index (χ3n) is 3.21. The predicted octanol–water partition coefficient (Wildman–Crippen LogP) is -0.109. The summed E-state index contributed by atoms with van der Waals surface area (Å²) in [4.78, 5) is 25.2. The van der Waals surface area contributed by atoms with Gasteiger partial charge in [-0.2, -0.15) is 0 Å². The standard InChI is InChI=1S/C14H18N2O4S/c1-21(19)9-10-3-2-4-11(7-10)14(18)16-5-6-20-12(8-16)13(15)17/h2-4,7,12H,5-6,8-9H2,1H3,(H2,15,17)/t12-,21+/m0/s1. The van der Waals surface area contributed by atoms with Crippen LogP contribution in [0.25, 0.3) is 0 Å². The SMILES string of the molecule is C[S@@](=O)Cc1cccc(C(=O)N2CCO[C@H](C(N)=O)C2)c1. The number of morpholine rings is 1. The minimum Gasteiger partial charge on any atom is -0.367 e. The number of primary amides is 1. The number of ether oxygens (including phenoxy) is 1. The van der Waals surface area contributed by atoms with E-state index in [1.165, 1.54) is 0 Å². The van der Waals surface area contributed by atoms with Gasteiger partial charge in [0.2, 0.25) is 5.91 Å². The fourth-order valence-corrected chi connectivity index (χ4v) is 2.87. The molecule has 21 heavy (non-hydrogen) atoms. The van der Waals surface area contributed by atoms with Crippen LogP contribution in [0, 0.1) is 0 Å². The third-order valence-corrected chi connectivity index (χ3v) is 3.95. The van der Waals surface area contributed by atoms with Gasteiger partial charge in [-0.3, -0.25) is 13.8 Å². The highest BCUT2D eigenvalue weighted by Crippen LogP contribution is 2.13. The zero-order chi connectivity index (χ0) is 15.4. The van der Waals surface area contributed by atoms with Crippen LogP contribution in [0.3, 0.4) is 0 Å². The largest absolute Gasteiger partial charge is 0.367 e. The van der Waals surface area contributed by atoms with Crippen molar-refractivity contribution in [3.63, 3.8) is 0 Å². The molecular weight excluding hydrogens is 292 g/mol. The average molecular weight is 310 g/mol. The van der Waals surface area contributed by atoms with Crippen molar-refractivity contribution in [2.45, 2.75) is 11.9 Å². The monoisotopic (exact) mass is 310 g/mol. The first kappa shape index (κ1) is 15.7. The van der Waals surface area contributed by atoms with Crippen LogP contribution >= 0.6 is 0 Å². The summed E-state index contributed by atoms with van der Waals surface area (Å²) in [5.41, 5.74) is 6.58. The molecule has 2 rings (SSSR count). The van der Waals surface area contributed by atoms with Gasteiger partial charge in [-0.25, -0.2) is 0 Å². The van der Waals surface area contributed by atoms with Crippen molar-refractivity contribution in [3.8, 4) is 0 Å². The maximum absolute atomic E-state index is 12.4. The molecule has 1 aromatic rings. The summed E-state index contributed by atoms with van der Waals surface area (Å²) in [6, 6.07) is 7.04. The van der Waals surface area contributed by atoms with Gasteiger partial charge in [0.15, 0.2) is 6.10 Å². The third kappa shape index (κ3) is 4.12. The van der Waals surface area contributed by atoms with Gasteiger partial charge in [0.1, 0.15) is 0 Å². The highest BCUT2D eigenvalue weighted by Gasteiger charge is 2.28. The van der Waals surface area contributed by atoms with Crippen molar-refractivity contribution in [3.05, 3.63) is 35.4 Å². The number of nitrogens with two attached hydrogens (primary N) is 1. The number of hydrogen-bond donors (Lipinski definition) is 1. The van der Waals surface area contributed by atoms with Crippen molar-refractivity contribution in [1.29, 1.82) is 0 Å². The Kier molecular flexibility index (Phi) is 5.08. The van der Waals surface area contributed by atoms with E-state index in [1.54, 1.807) is 29.4 Å². The number of carbonyl (C=O) groups is 2. The van der Waals surface area contributed by atoms with Gasteiger partial charge in [0.25, 0.3) is 5.91 Å². The molecule has 2 atom stereocenters. The highest BCUT2D eigenvalue weighted by molar-refractivity contribution is 7.83. The summed E-state index contributed by atoms with van der Waals surface area (Å²) in [6.07, 6.45) is 0.863. The van der Waals surface area contributed by atoms with Crippen molar-refractivity contribution in [2.75, 3.05) is 26.0 Å². The summed E-state index contributed by atoms with van der Waals surface area (Å²) in [5, 5.41) is 0. The molecule has 0 spiro atoms. The lowest BCUT2D eigenvalue weighted by Crippen LogP contribution is -2.50. The topological polar surface area (TPSA) is 89.7 Å². The Bertz CT molecular complexity index is 576. The molecule has 2 N–H and O–H groups in total. The summed E-state index contributed by atoms with van der Waals surface area (Å²) >= 11 is 0. The normalized spacial score (nSPS) is 20.0. The van der Waals surface area contributed by atoms with E-state index in [2.05, 4.69) is 0 Å². The van der Waals surface area contributed by atoms with Gasteiger partial charge in [-0.1, -0.05) is 12.1 Å². The molecule has 7 heteroatoms. The first-order chi connectivity index (χ1) is 9.97. The molecule has 0 radical (unpaired) electrons. The number of benzene rings is 1. The Morgan fingerprint density at radius 3 is 2.90 bits per heavy atom. The number of carbonyl (C=O) groups excluding carboxylic acids is 2. The van der Waals surface area contributed by atoms with Crippen molar-refractivity contribution >= 4 is 22.6 Å². The lowest BCUT2D eigenvalue weighted by molar-refractivity contribution is -0.133. The number of amides is 2. The highest BCUT2D eigenvalue weighted by atomic mass is 32.2. The van der Waals surface area contributed by atoms with E-state index in [-0.39, 0.29) is 19.1 Å². The van der Waals surface area contributed by atoms with E-state index >= 15 is 0 Å². The van der Waals surface area contributed by atoms with Gasteiger partial charge in [0, 0.05) is 34.9 Å². The molecule has 6 nitrogen and oxygen atoms in total. The molecule has 114 valence electrons. The molecule has 1 heterocycles. The van der Waals surface area contributed by atoms with Crippen LogP contribution in [0.5, 0.6) is 0 Å². The maximum Gasteiger partial charge on any atom is 0.254 e. The summed E-state index contributed by atoms with van der Waals surface area (Å²) in [7, 11) is -0.961.